The van der Waals surface area contributed by atoms with Gasteiger partial charge in [-0.05, 0) is 29.1 Å². The van der Waals surface area contributed by atoms with Crippen LogP contribution in [0.1, 0.15) is 9.67 Å². The quantitative estimate of drug-likeness (QED) is 0.846. The minimum atomic E-state index is -0.954. The van der Waals surface area contributed by atoms with E-state index >= 15 is 0 Å². The summed E-state index contributed by atoms with van der Waals surface area (Å²) in [5.41, 5.74) is 1.35. The third-order valence-corrected chi connectivity index (χ3v) is 2.92. The standard InChI is InChI=1S/C11H7FO2S/c12-8-3-1-7(2-4-8)9-5-6-15-10(9)11(13)14/h1-6H,(H,13,14). The predicted molar refractivity (Wildman–Crippen MR) is 56.7 cm³/mol. The molecule has 1 N–H and O–H groups in total. The van der Waals surface area contributed by atoms with Gasteiger partial charge in [-0.15, -0.1) is 11.3 Å². The lowest BCUT2D eigenvalue weighted by atomic mass is 10.1. The van der Waals surface area contributed by atoms with Crippen molar-refractivity contribution in [3.63, 3.8) is 0 Å². The zero-order valence-corrected chi connectivity index (χ0v) is 8.42. The lowest BCUT2D eigenvalue weighted by Crippen LogP contribution is -1.94. The Kier molecular flexibility index (Phi) is 2.51. The zero-order chi connectivity index (χ0) is 10.8. The molecule has 1 aromatic heterocycles. The van der Waals surface area contributed by atoms with Crippen LogP contribution in [0.2, 0.25) is 0 Å². The third kappa shape index (κ3) is 1.89. The summed E-state index contributed by atoms with van der Waals surface area (Å²) in [4.78, 5) is 11.1. The molecule has 0 radical (unpaired) electrons. The Bertz CT molecular complexity index is 488. The average molecular weight is 222 g/mol. The van der Waals surface area contributed by atoms with Crippen LogP contribution in [0.25, 0.3) is 11.1 Å². The molecule has 1 aromatic carbocycles. The molecule has 0 amide bonds. The number of carbonyl (C=O) groups is 1. The van der Waals surface area contributed by atoms with Crippen molar-refractivity contribution in [2.45, 2.75) is 0 Å². The molecule has 0 unspecified atom stereocenters. The highest BCUT2D eigenvalue weighted by Gasteiger charge is 2.12. The number of carboxylic acid groups (broad SMARTS) is 1. The van der Waals surface area contributed by atoms with Gasteiger partial charge in [-0.2, -0.15) is 0 Å². The first-order valence-corrected chi connectivity index (χ1v) is 5.13. The molecule has 2 aromatic rings. The van der Waals surface area contributed by atoms with Gasteiger partial charge in [0.05, 0.1) is 0 Å². The van der Waals surface area contributed by atoms with Gasteiger partial charge in [0.15, 0.2) is 0 Å². The van der Waals surface area contributed by atoms with E-state index in [1.807, 2.05) is 0 Å². The molecule has 4 heteroatoms. The summed E-state index contributed by atoms with van der Waals surface area (Å²) >= 11 is 1.16. The summed E-state index contributed by atoms with van der Waals surface area (Å²) < 4.78 is 12.7. The Hall–Kier alpha value is -1.68. The number of aromatic carboxylic acids is 1. The van der Waals surface area contributed by atoms with Crippen molar-refractivity contribution >= 4 is 17.3 Å². The van der Waals surface area contributed by atoms with E-state index in [-0.39, 0.29) is 10.7 Å². The van der Waals surface area contributed by atoms with E-state index in [2.05, 4.69) is 0 Å². The average Bonchev–Trinajstić information content (AvgIpc) is 2.67. The molecule has 2 nitrogen and oxygen atoms in total. The SMILES string of the molecule is O=C(O)c1sccc1-c1ccc(F)cc1. The van der Waals surface area contributed by atoms with E-state index in [4.69, 9.17) is 5.11 Å². The van der Waals surface area contributed by atoms with Gasteiger partial charge in [0.25, 0.3) is 0 Å². The molecule has 0 saturated carbocycles. The van der Waals surface area contributed by atoms with Gasteiger partial charge in [0.2, 0.25) is 0 Å². The number of hydrogen-bond donors (Lipinski definition) is 1. The number of hydrogen-bond acceptors (Lipinski definition) is 2. The minimum Gasteiger partial charge on any atom is -0.477 e. The molecule has 0 spiro atoms. The van der Waals surface area contributed by atoms with Crippen LogP contribution in [0.15, 0.2) is 35.7 Å². The van der Waals surface area contributed by atoms with Crippen LogP contribution in [0.4, 0.5) is 4.39 Å². The van der Waals surface area contributed by atoms with Crippen molar-refractivity contribution in [2.75, 3.05) is 0 Å². The second kappa shape index (κ2) is 3.82. The Morgan fingerprint density at radius 1 is 1.20 bits per heavy atom. The highest BCUT2D eigenvalue weighted by molar-refractivity contribution is 7.12. The van der Waals surface area contributed by atoms with Crippen LogP contribution in [-0.2, 0) is 0 Å². The van der Waals surface area contributed by atoms with Gasteiger partial charge in [-0.3, -0.25) is 0 Å². The molecular formula is C11H7FO2S. The summed E-state index contributed by atoms with van der Waals surface area (Å²) in [6.07, 6.45) is 0. The monoisotopic (exact) mass is 222 g/mol. The van der Waals surface area contributed by atoms with Gasteiger partial charge in [0, 0.05) is 5.56 Å². The largest absolute Gasteiger partial charge is 0.477 e. The maximum Gasteiger partial charge on any atom is 0.346 e. The molecule has 15 heavy (non-hydrogen) atoms. The van der Waals surface area contributed by atoms with Crippen LogP contribution < -0.4 is 0 Å². The van der Waals surface area contributed by atoms with Crippen molar-refractivity contribution in [1.82, 2.24) is 0 Å². The Labute approximate surface area is 89.6 Å². The van der Waals surface area contributed by atoms with Gasteiger partial charge in [-0.25, -0.2) is 9.18 Å². The number of rotatable bonds is 2. The fourth-order valence-electron chi connectivity index (χ4n) is 1.33. The lowest BCUT2D eigenvalue weighted by Gasteiger charge is -1.99. The van der Waals surface area contributed by atoms with Crippen molar-refractivity contribution < 1.29 is 14.3 Å². The molecule has 0 saturated heterocycles. The summed E-state index contributed by atoms with van der Waals surface area (Å²) in [5, 5.41) is 10.6. The first-order valence-electron chi connectivity index (χ1n) is 4.25. The minimum absolute atomic E-state index is 0.279. The molecule has 0 bridgehead atoms. The zero-order valence-electron chi connectivity index (χ0n) is 7.61. The Balaban J connectivity index is 2.49. The normalized spacial score (nSPS) is 10.2. The van der Waals surface area contributed by atoms with Crippen molar-refractivity contribution in [1.29, 1.82) is 0 Å². The van der Waals surface area contributed by atoms with Crippen molar-refractivity contribution in [3.05, 3.63) is 46.4 Å². The first kappa shape index (κ1) is 9.86. The highest BCUT2D eigenvalue weighted by atomic mass is 32.1. The van der Waals surface area contributed by atoms with Gasteiger partial charge < -0.3 is 5.11 Å². The van der Waals surface area contributed by atoms with Crippen LogP contribution >= 0.6 is 11.3 Å². The maximum atomic E-state index is 12.7. The van der Waals surface area contributed by atoms with Crippen LogP contribution in [0.5, 0.6) is 0 Å². The first-order chi connectivity index (χ1) is 7.18. The number of benzene rings is 1. The van der Waals surface area contributed by atoms with E-state index in [0.717, 1.165) is 16.9 Å². The Morgan fingerprint density at radius 3 is 2.47 bits per heavy atom. The molecule has 76 valence electrons. The molecule has 0 atom stereocenters. The van der Waals surface area contributed by atoms with E-state index in [1.165, 1.54) is 12.1 Å². The van der Waals surface area contributed by atoms with Gasteiger partial charge >= 0.3 is 5.97 Å². The van der Waals surface area contributed by atoms with Gasteiger partial charge in [0.1, 0.15) is 10.7 Å². The third-order valence-electron chi connectivity index (χ3n) is 2.01. The molecule has 1 heterocycles. The number of carboxylic acids is 1. The number of thiophene rings is 1. The van der Waals surface area contributed by atoms with E-state index < -0.39 is 5.97 Å². The van der Waals surface area contributed by atoms with E-state index in [9.17, 15) is 9.18 Å². The summed E-state index contributed by atoms with van der Waals surface area (Å²) in [7, 11) is 0. The van der Waals surface area contributed by atoms with Gasteiger partial charge in [-0.1, -0.05) is 12.1 Å². The van der Waals surface area contributed by atoms with Crippen LogP contribution in [-0.4, -0.2) is 11.1 Å². The summed E-state index contributed by atoms with van der Waals surface area (Å²) in [5.74, 6) is -1.28. The smallest absolute Gasteiger partial charge is 0.346 e. The molecule has 0 fully saturated rings. The molecule has 0 aliphatic carbocycles. The Morgan fingerprint density at radius 2 is 1.87 bits per heavy atom. The fraction of sp³-hybridized carbons (Fsp3) is 0. The molecule has 0 aliphatic heterocycles. The predicted octanol–water partition coefficient (Wildman–Crippen LogP) is 3.25. The van der Waals surface area contributed by atoms with E-state index in [0.29, 0.717) is 5.56 Å². The van der Waals surface area contributed by atoms with Crippen molar-refractivity contribution in [3.8, 4) is 11.1 Å². The lowest BCUT2D eigenvalue weighted by molar-refractivity contribution is 0.0703. The second-order valence-electron chi connectivity index (χ2n) is 2.98. The fourth-order valence-corrected chi connectivity index (χ4v) is 2.09. The van der Waals surface area contributed by atoms with Crippen LogP contribution in [0.3, 0.4) is 0 Å². The summed E-state index contributed by atoms with van der Waals surface area (Å²) in [6, 6.07) is 7.51. The highest BCUT2D eigenvalue weighted by Crippen LogP contribution is 2.28. The molecule has 2 rings (SSSR count). The van der Waals surface area contributed by atoms with Crippen molar-refractivity contribution in [2.24, 2.45) is 0 Å². The topological polar surface area (TPSA) is 37.3 Å². The summed E-state index contributed by atoms with van der Waals surface area (Å²) in [6.45, 7) is 0. The maximum absolute atomic E-state index is 12.7. The number of halogens is 1. The molecule has 0 aliphatic rings. The second-order valence-corrected chi connectivity index (χ2v) is 3.89. The molecular weight excluding hydrogens is 215 g/mol. The van der Waals surface area contributed by atoms with Crippen LogP contribution in [0, 0.1) is 5.82 Å². The van der Waals surface area contributed by atoms with E-state index in [1.54, 1.807) is 23.6 Å².